The number of Topliss-reactive ketones (excluding diaryl/α,β-unsaturated/α-hetero) is 1. The first-order valence-corrected chi connectivity index (χ1v) is 5.72. The van der Waals surface area contributed by atoms with Crippen LogP contribution in [0.3, 0.4) is 0 Å². The molecule has 2 rings (SSSR count). The van der Waals surface area contributed by atoms with Gasteiger partial charge in [-0.2, -0.15) is 0 Å². The molecule has 0 saturated carbocycles. The molecule has 0 radical (unpaired) electrons. The van der Waals surface area contributed by atoms with Crippen LogP contribution >= 0.6 is 11.3 Å². The number of carbonyl (C=O) groups is 2. The molecule has 6 heteroatoms. The van der Waals surface area contributed by atoms with Crippen LogP contribution < -0.4 is 5.32 Å². The summed E-state index contributed by atoms with van der Waals surface area (Å²) in [6.45, 7) is 1.21. The van der Waals surface area contributed by atoms with E-state index in [2.05, 4.69) is 15.3 Å². The number of nitrogens with one attached hydrogen (secondary N) is 1. The van der Waals surface area contributed by atoms with E-state index in [1.807, 2.05) is 12.1 Å². The van der Waals surface area contributed by atoms with Gasteiger partial charge in [0.25, 0.3) is 5.91 Å². The average Bonchev–Trinajstić information content (AvgIpc) is 2.78. The molecular formula is C11H9N3O2S. The van der Waals surface area contributed by atoms with Gasteiger partial charge in [0, 0.05) is 30.3 Å². The van der Waals surface area contributed by atoms with Crippen LogP contribution in [-0.4, -0.2) is 21.7 Å². The lowest BCUT2D eigenvalue weighted by Gasteiger charge is -1.96. The Morgan fingerprint density at radius 3 is 2.88 bits per heavy atom. The highest BCUT2D eigenvalue weighted by molar-refractivity contribution is 7.14. The van der Waals surface area contributed by atoms with Crippen LogP contribution in [0.15, 0.2) is 29.9 Å². The lowest BCUT2D eigenvalue weighted by Crippen LogP contribution is -2.19. The molecule has 2 aromatic rings. The summed E-state index contributed by atoms with van der Waals surface area (Å²) in [7, 11) is 0. The predicted octanol–water partition coefficient (Wildman–Crippen LogP) is 1.73. The molecule has 2 aromatic heterocycles. The minimum Gasteiger partial charge on any atom is -0.295 e. The molecule has 5 nitrogen and oxygen atoms in total. The Bertz CT molecular complexity index is 551. The lowest BCUT2D eigenvalue weighted by molar-refractivity contribution is -0.133. The van der Waals surface area contributed by atoms with E-state index in [0.717, 1.165) is 11.3 Å². The quantitative estimate of drug-likeness (QED) is 0.838. The Balaban J connectivity index is 2.17. The molecule has 1 N–H and O–H groups in total. The topological polar surface area (TPSA) is 72.0 Å². The number of carbonyl (C=O) groups excluding carboxylic acids is 2. The van der Waals surface area contributed by atoms with Gasteiger partial charge in [0.1, 0.15) is 0 Å². The number of hydrogen-bond donors (Lipinski definition) is 1. The molecule has 0 aliphatic rings. The van der Waals surface area contributed by atoms with E-state index in [0.29, 0.717) is 5.13 Å². The lowest BCUT2D eigenvalue weighted by atomic mass is 10.2. The summed E-state index contributed by atoms with van der Waals surface area (Å²) < 4.78 is 0. The van der Waals surface area contributed by atoms with Gasteiger partial charge in [0.2, 0.25) is 5.78 Å². The van der Waals surface area contributed by atoms with Gasteiger partial charge >= 0.3 is 0 Å². The number of aromatic nitrogens is 2. The van der Waals surface area contributed by atoms with Gasteiger partial charge in [-0.25, -0.2) is 4.98 Å². The van der Waals surface area contributed by atoms with Crippen molar-refractivity contribution >= 4 is 28.2 Å². The molecule has 0 atom stereocenters. The van der Waals surface area contributed by atoms with E-state index < -0.39 is 11.7 Å². The second-order valence-corrected chi connectivity index (χ2v) is 4.15. The maximum atomic E-state index is 11.2. The third kappa shape index (κ3) is 2.73. The molecule has 1 amide bonds. The fraction of sp³-hybridized carbons (Fsp3) is 0.0909. The van der Waals surface area contributed by atoms with E-state index in [-0.39, 0.29) is 0 Å². The van der Waals surface area contributed by atoms with Crippen molar-refractivity contribution < 1.29 is 9.59 Å². The Hall–Kier alpha value is -2.08. The monoisotopic (exact) mass is 247 g/mol. The number of anilines is 1. The predicted molar refractivity (Wildman–Crippen MR) is 64.7 cm³/mol. The van der Waals surface area contributed by atoms with Crippen LogP contribution in [0.1, 0.15) is 6.92 Å². The molecule has 86 valence electrons. The molecule has 0 bridgehead atoms. The molecule has 0 spiro atoms. The van der Waals surface area contributed by atoms with Crippen molar-refractivity contribution in [2.45, 2.75) is 6.92 Å². The Morgan fingerprint density at radius 2 is 2.24 bits per heavy atom. The van der Waals surface area contributed by atoms with E-state index in [1.54, 1.807) is 17.8 Å². The molecule has 2 heterocycles. The Labute approximate surface area is 102 Å². The first-order valence-electron chi connectivity index (χ1n) is 4.84. The standard InChI is InChI=1S/C11H9N3O2S/c1-7(15)10(16)14-11-13-9(6-17-11)8-3-2-4-12-5-8/h2-6H,1H3,(H,13,14,16). The smallest absolute Gasteiger partial charge is 0.293 e. The zero-order valence-corrected chi connectivity index (χ0v) is 9.82. The summed E-state index contributed by atoms with van der Waals surface area (Å²) in [4.78, 5) is 30.1. The van der Waals surface area contributed by atoms with Crippen LogP contribution in [0, 0.1) is 0 Å². The molecule has 0 unspecified atom stereocenters. The van der Waals surface area contributed by atoms with Crippen molar-refractivity contribution in [1.82, 2.24) is 9.97 Å². The second kappa shape index (κ2) is 4.84. The minimum absolute atomic E-state index is 0.407. The molecular weight excluding hydrogens is 238 g/mol. The largest absolute Gasteiger partial charge is 0.295 e. The van der Waals surface area contributed by atoms with Crippen molar-refractivity contribution in [3.8, 4) is 11.3 Å². The maximum Gasteiger partial charge on any atom is 0.293 e. The van der Waals surface area contributed by atoms with Gasteiger partial charge in [-0.1, -0.05) is 0 Å². The Morgan fingerprint density at radius 1 is 1.41 bits per heavy atom. The van der Waals surface area contributed by atoms with Gasteiger partial charge in [0.05, 0.1) is 5.69 Å². The highest BCUT2D eigenvalue weighted by atomic mass is 32.1. The van der Waals surface area contributed by atoms with Gasteiger partial charge < -0.3 is 0 Å². The van der Waals surface area contributed by atoms with Crippen molar-refractivity contribution in [1.29, 1.82) is 0 Å². The minimum atomic E-state index is -0.655. The van der Waals surface area contributed by atoms with E-state index >= 15 is 0 Å². The summed E-state index contributed by atoms with van der Waals surface area (Å²) in [5, 5.41) is 4.63. The Kier molecular flexibility index (Phi) is 3.24. The third-order valence-corrected chi connectivity index (χ3v) is 2.76. The van der Waals surface area contributed by atoms with E-state index in [1.165, 1.54) is 18.3 Å². The van der Waals surface area contributed by atoms with Crippen LogP contribution in [0.2, 0.25) is 0 Å². The molecule has 0 aliphatic heterocycles. The van der Waals surface area contributed by atoms with E-state index in [9.17, 15) is 9.59 Å². The van der Waals surface area contributed by atoms with Gasteiger partial charge in [-0.05, 0) is 12.1 Å². The van der Waals surface area contributed by atoms with Crippen molar-refractivity contribution in [2.75, 3.05) is 5.32 Å². The molecule has 0 aromatic carbocycles. The number of hydrogen-bond acceptors (Lipinski definition) is 5. The third-order valence-electron chi connectivity index (χ3n) is 2.00. The molecule has 0 saturated heterocycles. The average molecular weight is 247 g/mol. The van der Waals surface area contributed by atoms with Crippen LogP contribution in [-0.2, 0) is 9.59 Å². The zero-order valence-electron chi connectivity index (χ0n) is 9.01. The fourth-order valence-corrected chi connectivity index (χ4v) is 1.88. The van der Waals surface area contributed by atoms with Gasteiger partial charge in [0.15, 0.2) is 5.13 Å². The normalized spacial score (nSPS) is 9.94. The van der Waals surface area contributed by atoms with Crippen molar-refractivity contribution in [3.63, 3.8) is 0 Å². The van der Waals surface area contributed by atoms with Crippen molar-refractivity contribution in [3.05, 3.63) is 29.9 Å². The molecule has 0 fully saturated rings. The van der Waals surface area contributed by atoms with Crippen LogP contribution in [0.25, 0.3) is 11.3 Å². The molecule has 0 aliphatic carbocycles. The summed E-state index contributed by atoms with van der Waals surface area (Å²) in [6.07, 6.45) is 3.36. The number of ketones is 1. The number of rotatable bonds is 3. The summed E-state index contributed by atoms with van der Waals surface area (Å²) in [5.41, 5.74) is 1.59. The van der Waals surface area contributed by atoms with Gasteiger partial charge in [-0.3, -0.25) is 19.9 Å². The SMILES string of the molecule is CC(=O)C(=O)Nc1nc(-c2cccnc2)cs1. The first-order chi connectivity index (χ1) is 8.16. The molecule has 17 heavy (non-hydrogen) atoms. The maximum absolute atomic E-state index is 11.2. The van der Waals surface area contributed by atoms with Gasteiger partial charge in [-0.15, -0.1) is 11.3 Å². The number of pyridine rings is 1. The fourth-order valence-electron chi connectivity index (χ4n) is 1.16. The number of thiazole rings is 1. The van der Waals surface area contributed by atoms with E-state index in [4.69, 9.17) is 0 Å². The van der Waals surface area contributed by atoms with Crippen LogP contribution in [0.5, 0.6) is 0 Å². The van der Waals surface area contributed by atoms with Crippen LogP contribution in [0.4, 0.5) is 5.13 Å². The zero-order chi connectivity index (χ0) is 12.3. The highest BCUT2D eigenvalue weighted by Gasteiger charge is 2.11. The summed E-state index contributed by atoms with van der Waals surface area (Å²) in [5.74, 6) is -1.19. The van der Waals surface area contributed by atoms with Crippen molar-refractivity contribution in [2.24, 2.45) is 0 Å². The first kappa shape index (κ1) is 11.4. The number of nitrogens with zero attached hydrogens (tertiary/aromatic N) is 2. The summed E-state index contributed by atoms with van der Waals surface area (Å²) >= 11 is 1.27. The second-order valence-electron chi connectivity index (χ2n) is 3.29. The summed E-state index contributed by atoms with van der Waals surface area (Å²) in [6, 6.07) is 3.68. The highest BCUT2D eigenvalue weighted by Crippen LogP contribution is 2.23. The number of amides is 1.